The van der Waals surface area contributed by atoms with Crippen LogP contribution in [0.3, 0.4) is 0 Å². The molecule has 1 nitrogen and oxygen atoms in total. The highest BCUT2D eigenvalue weighted by atomic mass is 32.2. The number of halogens is 1. The Morgan fingerprint density at radius 3 is 2.56 bits per heavy atom. The summed E-state index contributed by atoms with van der Waals surface area (Å²) in [6, 6.07) is 7.08. The van der Waals surface area contributed by atoms with E-state index >= 15 is 0 Å². The van der Waals surface area contributed by atoms with E-state index in [1.54, 1.807) is 30.0 Å². The van der Waals surface area contributed by atoms with Crippen molar-refractivity contribution in [2.75, 3.05) is 11.5 Å². The second-order valence-electron chi connectivity index (χ2n) is 4.18. The van der Waals surface area contributed by atoms with E-state index in [2.05, 4.69) is 0 Å². The van der Waals surface area contributed by atoms with Crippen molar-refractivity contribution in [2.45, 2.75) is 25.4 Å². The fraction of sp³-hybridized carbons (Fsp3) is 0.462. The van der Waals surface area contributed by atoms with Gasteiger partial charge >= 0.3 is 0 Å². The van der Waals surface area contributed by atoms with Gasteiger partial charge in [-0.25, -0.2) is 4.39 Å². The Labute approximate surface area is 99.4 Å². The molecule has 0 aliphatic carbocycles. The molecule has 0 bridgehead atoms. The maximum Gasteiger partial charge on any atom is 0.160 e. The van der Waals surface area contributed by atoms with Crippen LogP contribution in [0.25, 0.3) is 0 Å². The molecule has 1 aromatic carbocycles. The van der Waals surface area contributed by atoms with Crippen LogP contribution in [0.1, 0.15) is 35.7 Å². The third-order valence-electron chi connectivity index (χ3n) is 3.07. The molecule has 0 saturated carbocycles. The predicted molar refractivity (Wildman–Crippen MR) is 65.8 cm³/mol. The van der Waals surface area contributed by atoms with E-state index in [0.29, 0.717) is 24.0 Å². The van der Waals surface area contributed by atoms with Gasteiger partial charge in [0.1, 0.15) is 5.67 Å². The summed E-state index contributed by atoms with van der Waals surface area (Å²) in [6.45, 7) is 1.50. The molecule has 1 heterocycles. The number of alkyl halides is 1. The van der Waals surface area contributed by atoms with Crippen molar-refractivity contribution < 1.29 is 9.18 Å². The number of hydrogen-bond donors (Lipinski definition) is 0. The average Bonchev–Trinajstić information content (AvgIpc) is 2.30. The van der Waals surface area contributed by atoms with Crippen molar-refractivity contribution in [3.8, 4) is 0 Å². The van der Waals surface area contributed by atoms with Crippen molar-refractivity contribution in [3.63, 3.8) is 0 Å². The molecule has 0 atom stereocenters. The van der Waals surface area contributed by atoms with Gasteiger partial charge in [-0.3, -0.25) is 4.79 Å². The topological polar surface area (TPSA) is 17.1 Å². The largest absolute Gasteiger partial charge is 0.294 e. The Kier molecular flexibility index (Phi) is 3.33. The third-order valence-corrected chi connectivity index (χ3v) is 4.06. The Bertz CT molecular complexity index is 397. The zero-order chi connectivity index (χ0) is 11.6. The summed E-state index contributed by atoms with van der Waals surface area (Å²) in [7, 11) is 0. The molecule has 0 unspecified atom stereocenters. The summed E-state index contributed by atoms with van der Waals surface area (Å²) >= 11 is 1.78. The Morgan fingerprint density at radius 2 is 1.94 bits per heavy atom. The molecular weight excluding hydrogens is 223 g/mol. The van der Waals surface area contributed by atoms with Crippen molar-refractivity contribution >= 4 is 17.5 Å². The Balaban J connectivity index is 2.42. The van der Waals surface area contributed by atoms with Crippen LogP contribution in [0.15, 0.2) is 24.3 Å². The van der Waals surface area contributed by atoms with Crippen LogP contribution in [0, 0.1) is 0 Å². The van der Waals surface area contributed by atoms with Gasteiger partial charge < -0.3 is 0 Å². The van der Waals surface area contributed by atoms with Crippen molar-refractivity contribution in [1.29, 1.82) is 0 Å². The maximum absolute atomic E-state index is 14.8. The first-order chi connectivity index (χ1) is 7.63. The van der Waals surface area contributed by atoms with E-state index in [9.17, 15) is 9.18 Å². The second-order valence-corrected chi connectivity index (χ2v) is 5.40. The van der Waals surface area contributed by atoms with Gasteiger partial charge in [0.15, 0.2) is 5.78 Å². The number of carbonyl (C=O) groups is 1. The minimum Gasteiger partial charge on any atom is -0.294 e. The molecule has 1 aliphatic rings. The van der Waals surface area contributed by atoms with Crippen LogP contribution < -0.4 is 0 Å². The van der Waals surface area contributed by atoms with Crippen molar-refractivity contribution in [1.82, 2.24) is 0 Å². The average molecular weight is 238 g/mol. The lowest BCUT2D eigenvalue weighted by molar-refractivity contribution is 0.0997. The Morgan fingerprint density at radius 1 is 1.31 bits per heavy atom. The molecule has 2 rings (SSSR count). The summed E-state index contributed by atoms with van der Waals surface area (Å²) in [5, 5.41) is 0. The molecule has 86 valence electrons. The first kappa shape index (κ1) is 11.6. The highest BCUT2D eigenvalue weighted by molar-refractivity contribution is 7.99. The van der Waals surface area contributed by atoms with E-state index in [-0.39, 0.29) is 5.78 Å². The monoisotopic (exact) mass is 238 g/mol. The number of Topliss-reactive ketones (excluding diaryl/α,β-unsaturated/α-hetero) is 1. The minimum atomic E-state index is -1.30. The summed E-state index contributed by atoms with van der Waals surface area (Å²) in [4.78, 5) is 11.5. The molecule has 0 radical (unpaired) electrons. The summed E-state index contributed by atoms with van der Waals surface area (Å²) in [6.07, 6.45) is 1.03. The summed E-state index contributed by atoms with van der Waals surface area (Å²) in [5.41, 5.74) is -0.173. The predicted octanol–water partition coefficient (Wildman–Crippen LogP) is 3.58. The molecule has 16 heavy (non-hydrogen) atoms. The lowest BCUT2D eigenvalue weighted by Crippen LogP contribution is -2.27. The summed E-state index contributed by atoms with van der Waals surface area (Å²) in [5.74, 6) is 1.62. The van der Waals surface area contributed by atoms with Crippen molar-refractivity contribution in [3.05, 3.63) is 35.4 Å². The van der Waals surface area contributed by atoms with Gasteiger partial charge in [0, 0.05) is 5.56 Å². The van der Waals surface area contributed by atoms with Crippen LogP contribution >= 0.6 is 11.8 Å². The number of thioether (sulfide) groups is 1. The van der Waals surface area contributed by atoms with Gasteiger partial charge in [0.2, 0.25) is 0 Å². The molecule has 1 fully saturated rings. The summed E-state index contributed by atoms with van der Waals surface area (Å²) < 4.78 is 14.8. The standard InChI is InChI=1S/C13H15FOS/c1-10(15)11-4-2-3-5-12(11)13(14)6-8-16-9-7-13/h2-5H,6-9H2,1H3. The molecule has 0 aromatic heterocycles. The number of rotatable bonds is 2. The second kappa shape index (κ2) is 4.58. The third kappa shape index (κ3) is 2.14. The van der Waals surface area contributed by atoms with Crippen molar-refractivity contribution in [2.24, 2.45) is 0 Å². The molecular formula is C13H15FOS. The van der Waals surface area contributed by atoms with E-state index in [0.717, 1.165) is 11.5 Å². The first-order valence-electron chi connectivity index (χ1n) is 5.50. The molecule has 0 N–H and O–H groups in total. The normalized spacial score (nSPS) is 19.4. The number of hydrogen-bond acceptors (Lipinski definition) is 2. The highest BCUT2D eigenvalue weighted by Gasteiger charge is 2.36. The molecule has 0 amide bonds. The van der Waals surface area contributed by atoms with Gasteiger partial charge in [-0.05, 0) is 36.8 Å². The SMILES string of the molecule is CC(=O)c1ccccc1C1(F)CCSCC1. The molecule has 1 aromatic rings. The van der Waals surface area contributed by atoms with Crippen LogP contribution in [0.5, 0.6) is 0 Å². The van der Waals surface area contributed by atoms with Crippen LogP contribution in [-0.4, -0.2) is 17.3 Å². The fourth-order valence-electron chi connectivity index (χ4n) is 2.15. The van der Waals surface area contributed by atoms with Gasteiger partial charge in [-0.15, -0.1) is 0 Å². The Hall–Kier alpha value is -0.830. The van der Waals surface area contributed by atoms with E-state index in [4.69, 9.17) is 0 Å². The molecule has 0 spiro atoms. The highest BCUT2D eigenvalue weighted by Crippen LogP contribution is 2.41. The molecule has 1 saturated heterocycles. The molecule has 3 heteroatoms. The van der Waals surface area contributed by atoms with Gasteiger partial charge in [-0.1, -0.05) is 24.3 Å². The zero-order valence-electron chi connectivity index (χ0n) is 9.33. The van der Waals surface area contributed by atoms with Crippen LogP contribution in [0.2, 0.25) is 0 Å². The van der Waals surface area contributed by atoms with Crippen LogP contribution in [-0.2, 0) is 5.67 Å². The van der Waals surface area contributed by atoms with Gasteiger partial charge in [-0.2, -0.15) is 11.8 Å². The maximum atomic E-state index is 14.8. The number of ketones is 1. The smallest absolute Gasteiger partial charge is 0.160 e. The number of benzene rings is 1. The van der Waals surface area contributed by atoms with Gasteiger partial charge in [0.25, 0.3) is 0 Å². The van der Waals surface area contributed by atoms with E-state index < -0.39 is 5.67 Å². The van der Waals surface area contributed by atoms with Gasteiger partial charge in [0.05, 0.1) is 0 Å². The zero-order valence-corrected chi connectivity index (χ0v) is 10.1. The van der Waals surface area contributed by atoms with Crippen LogP contribution in [0.4, 0.5) is 4.39 Å². The van der Waals surface area contributed by atoms with E-state index in [1.165, 1.54) is 6.92 Å². The number of carbonyl (C=O) groups excluding carboxylic acids is 1. The fourth-order valence-corrected chi connectivity index (χ4v) is 3.29. The molecule has 1 aliphatic heterocycles. The minimum absolute atomic E-state index is 0.0501. The quantitative estimate of drug-likeness (QED) is 0.732. The lowest BCUT2D eigenvalue weighted by atomic mass is 9.85. The lowest BCUT2D eigenvalue weighted by Gasteiger charge is -2.30. The van der Waals surface area contributed by atoms with E-state index in [1.807, 2.05) is 6.07 Å². The first-order valence-corrected chi connectivity index (χ1v) is 6.66.